The third-order valence-corrected chi connectivity index (χ3v) is 3.37. The minimum absolute atomic E-state index is 0.309. The van der Waals surface area contributed by atoms with Gasteiger partial charge in [0.15, 0.2) is 0 Å². The summed E-state index contributed by atoms with van der Waals surface area (Å²) in [7, 11) is 0. The predicted molar refractivity (Wildman–Crippen MR) is 78.3 cm³/mol. The number of rotatable bonds is 3. The first kappa shape index (κ1) is 16.1. The first-order chi connectivity index (χ1) is 9.74. The molecule has 0 aromatic heterocycles. The Balaban J connectivity index is 2.30. The van der Waals surface area contributed by atoms with Crippen molar-refractivity contribution in [2.75, 3.05) is 0 Å². The Morgan fingerprint density at radius 2 is 1.81 bits per heavy atom. The van der Waals surface area contributed by atoms with E-state index in [4.69, 9.17) is 17.3 Å². The van der Waals surface area contributed by atoms with Gasteiger partial charge < -0.3 is 10.5 Å². The van der Waals surface area contributed by atoms with Crippen molar-refractivity contribution in [3.05, 3.63) is 63.1 Å². The lowest BCUT2D eigenvalue weighted by Crippen LogP contribution is -2.18. The molecule has 0 saturated carbocycles. The molecule has 0 saturated heterocycles. The standard InChI is InChI=1S/C14H10BrClF3NO/c15-10-4-9(5-11(16)7-10)13(20)8-2-1-3-12(6-8)21-14(17,18)19/h1-7,13H,20H2. The van der Waals surface area contributed by atoms with Crippen LogP contribution >= 0.6 is 27.5 Å². The number of hydrogen-bond acceptors (Lipinski definition) is 2. The Kier molecular flexibility index (Phi) is 4.81. The number of hydrogen-bond donors (Lipinski definition) is 1. The SMILES string of the molecule is NC(c1cc(Cl)cc(Br)c1)c1cccc(OC(F)(F)F)c1. The van der Waals surface area contributed by atoms with Gasteiger partial charge in [-0.3, -0.25) is 0 Å². The lowest BCUT2D eigenvalue weighted by atomic mass is 9.99. The van der Waals surface area contributed by atoms with Crippen LogP contribution in [0.15, 0.2) is 46.9 Å². The van der Waals surface area contributed by atoms with Crippen LogP contribution in [0.25, 0.3) is 0 Å². The molecule has 1 atom stereocenters. The Morgan fingerprint density at radius 3 is 2.43 bits per heavy atom. The number of nitrogens with two attached hydrogens (primary N) is 1. The number of alkyl halides is 3. The van der Waals surface area contributed by atoms with E-state index in [1.807, 2.05) is 0 Å². The van der Waals surface area contributed by atoms with Crippen LogP contribution in [-0.2, 0) is 0 Å². The minimum Gasteiger partial charge on any atom is -0.406 e. The third-order valence-electron chi connectivity index (χ3n) is 2.69. The summed E-state index contributed by atoms with van der Waals surface area (Å²) >= 11 is 9.24. The highest BCUT2D eigenvalue weighted by Crippen LogP contribution is 2.29. The first-order valence-electron chi connectivity index (χ1n) is 5.82. The summed E-state index contributed by atoms with van der Waals surface area (Å²) in [6.07, 6.45) is -4.73. The van der Waals surface area contributed by atoms with Gasteiger partial charge in [-0.25, -0.2) is 0 Å². The van der Waals surface area contributed by atoms with Crippen molar-refractivity contribution < 1.29 is 17.9 Å². The zero-order valence-corrected chi connectivity index (χ0v) is 12.8. The molecule has 1 unspecified atom stereocenters. The highest BCUT2D eigenvalue weighted by molar-refractivity contribution is 9.10. The largest absolute Gasteiger partial charge is 0.573 e. The molecule has 0 amide bonds. The zero-order valence-electron chi connectivity index (χ0n) is 10.5. The Labute approximate surface area is 132 Å². The Hall–Kier alpha value is -1.24. The molecular weight excluding hydrogens is 371 g/mol. The average Bonchev–Trinajstić information content (AvgIpc) is 2.35. The fourth-order valence-corrected chi connectivity index (χ4v) is 2.74. The summed E-state index contributed by atoms with van der Waals surface area (Å²) in [5, 5.41) is 0.484. The molecule has 0 aliphatic rings. The van der Waals surface area contributed by atoms with Crippen molar-refractivity contribution in [3.8, 4) is 5.75 Å². The monoisotopic (exact) mass is 379 g/mol. The van der Waals surface area contributed by atoms with Crippen LogP contribution in [0.3, 0.4) is 0 Å². The van der Waals surface area contributed by atoms with Crippen LogP contribution in [0.1, 0.15) is 17.2 Å². The molecule has 2 aromatic carbocycles. The number of benzene rings is 2. The van der Waals surface area contributed by atoms with Gasteiger partial charge in [0, 0.05) is 9.50 Å². The molecule has 0 spiro atoms. The summed E-state index contributed by atoms with van der Waals surface area (Å²) in [6, 6.07) is 10.1. The van der Waals surface area contributed by atoms with E-state index in [0.29, 0.717) is 16.1 Å². The van der Waals surface area contributed by atoms with Crippen molar-refractivity contribution in [2.24, 2.45) is 5.73 Å². The van der Waals surface area contributed by atoms with Crippen LogP contribution < -0.4 is 10.5 Å². The van der Waals surface area contributed by atoms with Crippen molar-refractivity contribution >= 4 is 27.5 Å². The van der Waals surface area contributed by atoms with Crippen molar-refractivity contribution in [3.63, 3.8) is 0 Å². The third kappa shape index (κ3) is 4.62. The molecule has 2 N–H and O–H groups in total. The normalized spacial score (nSPS) is 13.0. The van der Waals surface area contributed by atoms with E-state index in [-0.39, 0.29) is 5.75 Å². The molecule has 0 heterocycles. The van der Waals surface area contributed by atoms with Crippen molar-refractivity contribution in [1.29, 1.82) is 0 Å². The Morgan fingerprint density at radius 1 is 1.10 bits per heavy atom. The lowest BCUT2D eigenvalue weighted by Gasteiger charge is -2.15. The second-order valence-corrected chi connectivity index (χ2v) is 5.65. The van der Waals surface area contributed by atoms with E-state index >= 15 is 0 Å². The van der Waals surface area contributed by atoms with Gasteiger partial charge in [-0.1, -0.05) is 39.7 Å². The van der Waals surface area contributed by atoms with Crippen LogP contribution in [0.2, 0.25) is 5.02 Å². The maximum absolute atomic E-state index is 12.2. The molecule has 2 rings (SSSR count). The van der Waals surface area contributed by atoms with Gasteiger partial charge in [-0.2, -0.15) is 0 Å². The van der Waals surface area contributed by atoms with Crippen LogP contribution in [-0.4, -0.2) is 6.36 Å². The van der Waals surface area contributed by atoms with Crippen molar-refractivity contribution in [1.82, 2.24) is 0 Å². The highest BCUT2D eigenvalue weighted by atomic mass is 79.9. The van der Waals surface area contributed by atoms with Crippen LogP contribution in [0.5, 0.6) is 5.75 Å². The quantitative estimate of drug-likeness (QED) is 0.809. The maximum atomic E-state index is 12.2. The van der Waals surface area contributed by atoms with Crippen molar-refractivity contribution in [2.45, 2.75) is 12.4 Å². The van der Waals surface area contributed by atoms with Crippen LogP contribution in [0.4, 0.5) is 13.2 Å². The Bertz CT molecular complexity index is 628. The van der Waals surface area contributed by atoms with E-state index < -0.39 is 12.4 Å². The topological polar surface area (TPSA) is 35.2 Å². The molecular formula is C14H10BrClF3NO. The maximum Gasteiger partial charge on any atom is 0.573 e. The van der Waals surface area contributed by atoms with Gasteiger partial charge >= 0.3 is 6.36 Å². The minimum atomic E-state index is -4.73. The molecule has 0 bridgehead atoms. The van der Waals surface area contributed by atoms with E-state index in [1.54, 1.807) is 24.3 Å². The second-order valence-electron chi connectivity index (χ2n) is 4.30. The summed E-state index contributed by atoms with van der Waals surface area (Å²) in [5.41, 5.74) is 7.24. The van der Waals surface area contributed by atoms with E-state index in [9.17, 15) is 13.2 Å². The fourth-order valence-electron chi connectivity index (χ4n) is 1.85. The summed E-state index contributed by atoms with van der Waals surface area (Å²) < 4.78 is 41.3. The molecule has 0 fully saturated rings. The molecule has 0 aliphatic heterocycles. The van der Waals surface area contributed by atoms with E-state index in [1.165, 1.54) is 18.2 Å². The summed E-state index contributed by atoms with van der Waals surface area (Å²) in [4.78, 5) is 0. The molecule has 0 radical (unpaired) electrons. The molecule has 2 nitrogen and oxygen atoms in total. The molecule has 21 heavy (non-hydrogen) atoms. The van der Waals surface area contributed by atoms with Gasteiger partial charge in [0.2, 0.25) is 0 Å². The van der Waals surface area contributed by atoms with Gasteiger partial charge in [0.1, 0.15) is 5.75 Å². The molecule has 0 aliphatic carbocycles. The number of ether oxygens (including phenoxy) is 1. The molecule has 112 valence electrons. The molecule has 7 heteroatoms. The second kappa shape index (κ2) is 6.25. The van der Waals surface area contributed by atoms with Gasteiger partial charge in [0.25, 0.3) is 0 Å². The van der Waals surface area contributed by atoms with E-state index in [0.717, 1.165) is 4.47 Å². The van der Waals surface area contributed by atoms with Gasteiger partial charge in [-0.15, -0.1) is 13.2 Å². The first-order valence-corrected chi connectivity index (χ1v) is 6.99. The summed E-state index contributed by atoms with van der Waals surface area (Å²) in [5.74, 6) is -0.309. The lowest BCUT2D eigenvalue weighted by molar-refractivity contribution is -0.274. The van der Waals surface area contributed by atoms with Crippen LogP contribution in [0, 0.1) is 0 Å². The summed E-state index contributed by atoms with van der Waals surface area (Å²) in [6.45, 7) is 0. The zero-order chi connectivity index (χ0) is 15.6. The van der Waals surface area contributed by atoms with E-state index in [2.05, 4.69) is 20.7 Å². The smallest absolute Gasteiger partial charge is 0.406 e. The molecule has 2 aromatic rings. The predicted octanol–water partition coefficient (Wildman–Crippen LogP) is 5.05. The van der Waals surface area contributed by atoms with Gasteiger partial charge in [-0.05, 0) is 41.5 Å². The fraction of sp³-hybridized carbons (Fsp3) is 0.143. The number of halogens is 5. The average molecular weight is 381 g/mol. The van der Waals surface area contributed by atoms with Gasteiger partial charge in [0.05, 0.1) is 6.04 Å². The highest BCUT2D eigenvalue weighted by Gasteiger charge is 2.31.